The van der Waals surface area contributed by atoms with E-state index in [0.717, 1.165) is 22.9 Å². The summed E-state index contributed by atoms with van der Waals surface area (Å²) in [7, 11) is -3.76. The van der Waals surface area contributed by atoms with Crippen molar-refractivity contribution < 1.29 is 8.42 Å². The number of hydrogen-bond donors (Lipinski definition) is 2. The average molecular weight is 257 g/mol. The van der Waals surface area contributed by atoms with Crippen molar-refractivity contribution in [3.63, 3.8) is 0 Å². The summed E-state index contributed by atoms with van der Waals surface area (Å²) >= 11 is 0.746. The molecule has 0 saturated carbocycles. The Morgan fingerprint density at radius 3 is 2.50 bits per heavy atom. The molecule has 0 aromatic heterocycles. The topological polar surface area (TPSA) is 96.4 Å². The fourth-order valence-corrected chi connectivity index (χ4v) is 2.37. The van der Waals surface area contributed by atoms with E-state index < -0.39 is 10.0 Å². The van der Waals surface area contributed by atoms with E-state index in [0.29, 0.717) is 0 Å². The third kappa shape index (κ3) is 3.35. The first-order valence-electron chi connectivity index (χ1n) is 4.28. The Bertz CT molecular complexity index is 506. The van der Waals surface area contributed by atoms with Crippen LogP contribution in [-0.4, -0.2) is 19.1 Å². The quantitative estimate of drug-likeness (QED) is 0.630. The number of nitrogens with one attached hydrogen (secondary N) is 1. The number of nitrogens with zero attached hydrogens (tertiary/aromatic N) is 1. The number of benzene rings is 1. The van der Waals surface area contributed by atoms with Crippen molar-refractivity contribution in [2.45, 2.75) is 11.8 Å². The van der Waals surface area contributed by atoms with Crippen LogP contribution in [0.1, 0.15) is 5.56 Å². The maximum absolute atomic E-state index is 11.7. The van der Waals surface area contributed by atoms with Gasteiger partial charge in [-0.25, -0.2) is 0 Å². The Balaban J connectivity index is 3.07. The highest BCUT2D eigenvalue weighted by Gasteiger charge is 2.12. The van der Waals surface area contributed by atoms with Gasteiger partial charge in [-0.15, -0.1) is 4.40 Å². The minimum atomic E-state index is -3.76. The smallest absolute Gasteiger partial charge is 0.284 e. The first kappa shape index (κ1) is 12.7. The first-order valence-corrected chi connectivity index (χ1v) is 6.60. The van der Waals surface area contributed by atoms with Crippen molar-refractivity contribution in [2.24, 2.45) is 10.1 Å². The molecule has 5 nitrogen and oxygen atoms in total. The van der Waals surface area contributed by atoms with Gasteiger partial charge in [-0.3, -0.25) is 0 Å². The largest absolute Gasteiger partial charge is 0.377 e. The molecular formula is C9H11N3O2S2. The predicted molar refractivity (Wildman–Crippen MR) is 66.4 cm³/mol. The predicted octanol–water partition coefficient (Wildman–Crippen LogP) is 1.34. The molecule has 0 aliphatic rings. The zero-order valence-corrected chi connectivity index (χ0v) is 10.2. The number of sulfonamides is 1. The van der Waals surface area contributed by atoms with Crippen LogP contribution in [0.3, 0.4) is 0 Å². The zero-order chi connectivity index (χ0) is 12.2. The molecule has 1 aromatic rings. The molecule has 0 heterocycles. The van der Waals surface area contributed by atoms with Crippen LogP contribution in [0.15, 0.2) is 33.6 Å². The number of nitrogens with two attached hydrogens (primary N) is 1. The Labute approximate surface area is 98.3 Å². The minimum Gasteiger partial charge on any atom is -0.377 e. The van der Waals surface area contributed by atoms with Crippen molar-refractivity contribution in [3.05, 3.63) is 29.8 Å². The van der Waals surface area contributed by atoms with E-state index >= 15 is 0 Å². The Kier molecular flexibility index (Phi) is 4.08. The van der Waals surface area contributed by atoms with Gasteiger partial charge in [0.05, 0.1) is 10.4 Å². The summed E-state index contributed by atoms with van der Waals surface area (Å²) in [4.78, 5) is 0.0895. The highest BCUT2D eigenvalue weighted by Crippen LogP contribution is 2.14. The van der Waals surface area contributed by atoms with E-state index in [2.05, 4.69) is 4.40 Å². The summed E-state index contributed by atoms with van der Waals surface area (Å²) in [6.07, 6.45) is 0. The second-order valence-corrected chi connectivity index (χ2v) is 5.45. The molecule has 0 bridgehead atoms. The summed E-state index contributed by atoms with van der Waals surface area (Å²) in [5, 5.41) is 6.59. The molecule has 1 rings (SSSR count). The minimum absolute atomic E-state index is 0.0895. The lowest BCUT2D eigenvalue weighted by atomic mass is 10.2. The van der Waals surface area contributed by atoms with E-state index in [4.69, 9.17) is 11.1 Å². The molecule has 0 radical (unpaired) electrons. The van der Waals surface area contributed by atoms with Gasteiger partial charge in [-0.2, -0.15) is 8.42 Å². The number of rotatable bonds is 3. The van der Waals surface area contributed by atoms with Gasteiger partial charge in [-0.1, -0.05) is 17.7 Å². The van der Waals surface area contributed by atoms with Crippen LogP contribution in [-0.2, 0) is 10.0 Å². The molecule has 0 spiro atoms. The highest BCUT2D eigenvalue weighted by atomic mass is 32.2. The Morgan fingerprint density at radius 1 is 1.44 bits per heavy atom. The van der Waals surface area contributed by atoms with Crippen LogP contribution in [0, 0.1) is 12.3 Å². The number of amidine groups is 1. The SMILES string of the molecule is Cc1ccc(S(=O)(=O)/N=C(/N)SC=N)cc1. The summed E-state index contributed by atoms with van der Waals surface area (Å²) in [6.45, 7) is 1.86. The first-order chi connectivity index (χ1) is 7.45. The van der Waals surface area contributed by atoms with Gasteiger partial charge in [0.15, 0.2) is 5.17 Å². The van der Waals surface area contributed by atoms with E-state index in [-0.39, 0.29) is 10.1 Å². The molecule has 0 aliphatic heterocycles. The van der Waals surface area contributed by atoms with Crippen LogP contribution >= 0.6 is 11.8 Å². The molecular weight excluding hydrogens is 246 g/mol. The van der Waals surface area contributed by atoms with Crippen molar-refractivity contribution in [2.75, 3.05) is 0 Å². The maximum atomic E-state index is 11.7. The molecule has 0 unspecified atom stereocenters. The summed E-state index contributed by atoms with van der Waals surface area (Å²) in [6, 6.07) is 6.30. The summed E-state index contributed by atoms with van der Waals surface area (Å²) in [5.41, 5.74) is 7.20. The zero-order valence-electron chi connectivity index (χ0n) is 8.54. The third-order valence-electron chi connectivity index (χ3n) is 1.71. The second kappa shape index (κ2) is 5.13. The third-order valence-corrected chi connectivity index (χ3v) is 3.58. The number of hydrogen-bond acceptors (Lipinski definition) is 4. The van der Waals surface area contributed by atoms with Gasteiger partial charge in [0.1, 0.15) is 0 Å². The average Bonchev–Trinajstić information content (AvgIpc) is 2.17. The molecule has 16 heavy (non-hydrogen) atoms. The highest BCUT2D eigenvalue weighted by molar-refractivity contribution is 8.25. The van der Waals surface area contributed by atoms with Crippen LogP contribution in [0.4, 0.5) is 0 Å². The lowest BCUT2D eigenvalue weighted by Gasteiger charge is -2.00. The van der Waals surface area contributed by atoms with Crippen molar-refractivity contribution in [3.8, 4) is 0 Å². The molecule has 0 fully saturated rings. The standard InChI is InChI=1S/C9H11N3O2S2/c1-7-2-4-8(5-3-7)16(13,14)12-9(11)15-6-10/h2-6,10H,1H3,(H2,11,12). The fraction of sp³-hybridized carbons (Fsp3) is 0.111. The van der Waals surface area contributed by atoms with Crippen molar-refractivity contribution >= 4 is 32.5 Å². The molecule has 0 saturated heterocycles. The van der Waals surface area contributed by atoms with Gasteiger partial charge < -0.3 is 11.1 Å². The summed E-state index contributed by atoms with van der Waals surface area (Å²) < 4.78 is 26.7. The summed E-state index contributed by atoms with van der Waals surface area (Å²) in [5.74, 6) is 0. The van der Waals surface area contributed by atoms with Crippen LogP contribution in [0.5, 0.6) is 0 Å². The maximum Gasteiger partial charge on any atom is 0.284 e. The van der Waals surface area contributed by atoms with Crippen LogP contribution in [0.2, 0.25) is 0 Å². The molecule has 0 aliphatic carbocycles. The molecule has 7 heteroatoms. The lowest BCUT2D eigenvalue weighted by Crippen LogP contribution is -2.10. The normalized spacial score (nSPS) is 12.4. The van der Waals surface area contributed by atoms with Gasteiger partial charge >= 0.3 is 0 Å². The monoisotopic (exact) mass is 257 g/mol. The van der Waals surface area contributed by atoms with Gasteiger partial charge in [0.25, 0.3) is 10.0 Å². The van der Waals surface area contributed by atoms with Crippen LogP contribution in [0.25, 0.3) is 0 Å². The molecule has 0 amide bonds. The number of aryl methyl sites for hydroxylation is 1. The second-order valence-electron chi connectivity index (χ2n) is 2.95. The lowest BCUT2D eigenvalue weighted by molar-refractivity contribution is 0.598. The Morgan fingerprint density at radius 2 is 2.00 bits per heavy atom. The van der Waals surface area contributed by atoms with E-state index in [9.17, 15) is 8.42 Å². The van der Waals surface area contributed by atoms with E-state index in [1.165, 1.54) is 12.1 Å². The van der Waals surface area contributed by atoms with Gasteiger partial charge in [-0.05, 0) is 30.8 Å². The molecule has 3 N–H and O–H groups in total. The Hall–Kier alpha value is -1.34. The van der Waals surface area contributed by atoms with E-state index in [1.54, 1.807) is 12.1 Å². The van der Waals surface area contributed by atoms with Crippen molar-refractivity contribution in [1.29, 1.82) is 5.41 Å². The molecule has 86 valence electrons. The number of thioether (sulfide) groups is 1. The van der Waals surface area contributed by atoms with Gasteiger partial charge in [0.2, 0.25) is 0 Å². The fourth-order valence-electron chi connectivity index (χ4n) is 0.963. The van der Waals surface area contributed by atoms with Gasteiger partial charge in [0, 0.05) is 0 Å². The van der Waals surface area contributed by atoms with E-state index in [1.807, 2.05) is 6.92 Å². The molecule has 0 atom stereocenters. The molecule has 1 aromatic carbocycles. The van der Waals surface area contributed by atoms with Crippen molar-refractivity contribution in [1.82, 2.24) is 0 Å². The van der Waals surface area contributed by atoms with Crippen LogP contribution < -0.4 is 5.73 Å².